The number of nitrogens with one attached hydrogen (secondary N) is 1. The van der Waals surface area contributed by atoms with E-state index in [4.69, 9.17) is 0 Å². The average Bonchev–Trinajstić information content (AvgIpc) is 3.20. The van der Waals surface area contributed by atoms with E-state index in [0.717, 1.165) is 17.1 Å². The molecule has 0 aliphatic heterocycles. The van der Waals surface area contributed by atoms with Gasteiger partial charge in [-0.1, -0.05) is 91.0 Å². The summed E-state index contributed by atoms with van der Waals surface area (Å²) in [6.07, 6.45) is 0. The van der Waals surface area contributed by atoms with Crippen LogP contribution in [-0.2, 0) is 0 Å². The molecule has 5 aromatic carbocycles. The number of rotatable bonds is 4. The van der Waals surface area contributed by atoms with Gasteiger partial charge in [0.1, 0.15) is 0 Å². The summed E-state index contributed by atoms with van der Waals surface area (Å²) in [4.78, 5) is 0. The first kappa shape index (κ1) is 18.5. The van der Waals surface area contributed by atoms with Crippen molar-refractivity contribution in [3.05, 3.63) is 127 Å². The summed E-state index contributed by atoms with van der Waals surface area (Å²) in [5, 5.41) is 6.10. The predicted octanol–water partition coefficient (Wildman–Crippen LogP) is 8.19. The Balaban J connectivity index is 1.64. The van der Waals surface area contributed by atoms with Crippen LogP contribution in [0, 0.1) is 0 Å². The second kappa shape index (κ2) is 7.75. The molecule has 32 heavy (non-hydrogen) atoms. The third kappa shape index (κ3) is 3.14. The lowest BCUT2D eigenvalue weighted by molar-refractivity contribution is 1.18. The van der Waals surface area contributed by atoms with E-state index in [0.29, 0.717) is 0 Å². The summed E-state index contributed by atoms with van der Waals surface area (Å²) in [5.74, 6) is 0. The number of hydrogen-bond acceptors (Lipinski definition) is 1. The number of para-hydroxylation sites is 3. The Labute approximate surface area is 187 Å². The van der Waals surface area contributed by atoms with Crippen LogP contribution in [0.2, 0.25) is 0 Å². The van der Waals surface area contributed by atoms with Crippen molar-refractivity contribution in [1.82, 2.24) is 4.57 Å². The zero-order valence-corrected chi connectivity index (χ0v) is 17.6. The van der Waals surface area contributed by atoms with Gasteiger partial charge in [0.25, 0.3) is 0 Å². The fourth-order valence-corrected chi connectivity index (χ4v) is 4.53. The van der Waals surface area contributed by atoms with Crippen LogP contribution < -0.4 is 5.32 Å². The van der Waals surface area contributed by atoms with Crippen molar-refractivity contribution in [3.63, 3.8) is 0 Å². The van der Waals surface area contributed by atoms with Gasteiger partial charge < -0.3 is 9.88 Å². The largest absolute Gasteiger partial charge is 0.355 e. The maximum absolute atomic E-state index is 3.57. The molecule has 0 atom stereocenters. The van der Waals surface area contributed by atoms with Crippen molar-refractivity contribution < 1.29 is 0 Å². The molecule has 0 aliphatic rings. The second-order valence-electron chi connectivity index (χ2n) is 7.96. The van der Waals surface area contributed by atoms with Crippen molar-refractivity contribution in [2.75, 3.05) is 5.32 Å². The van der Waals surface area contributed by atoms with Gasteiger partial charge in [0.2, 0.25) is 0 Å². The molecular formula is C30H22N2. The molecule has 2 nitrogen and oxygen atoms in total. The van der Waals surface area contributed by atoms with Gasteiger partial charge in [0, 0.05) is 27.7 Å². The van der Waals surface area contributed by atoms with Crippen molar-refractivity contribution in [3.8, 4) is 16.8 Å². The minimum atomic E-state index is 1.06. The number of hydrogen-bond donors (Lipinski definition) is 1. The first-order chi connectivity index (χ1) is 15.9. The summed E-state index contributed by atoms with van der Waals surface area (Å²) >= 11 is 0. The van der Waals surface area contributed by atoms with E-state index in [2.05, 4.69) is 131 Å². The van der Waals surface area contributed by atoms with E-state index in [-0.39, 0.29) is 0 Å². The van der Waals surface area contributed by atoms with Gasteiger partial charge in [0.15, 0.2) is 0 Å². The summed E-state index contributed by atoms with van der Waals surface area (Å²) in [6, 6.07) is 44.9. The van der Waals surface area contributed by atoms with Gasteiger partial charge in [-0.2, -0.15) is 0 Å². The fraction of sp³-hybridized carbons (Fsp3) is 0. The Kier molecular flexibility index (Phi) is 4.47. The molecule has 0 fully saturated rings. The molecule has 6 rings (SSSR count). The van der Waals surface area contributed by atoms with E-state index in [9.17, 15) is 0 Å². The molecular weight excluding hydrogens is 388 g/mol. The standard InChI is InChI=1S/C30H22N2/c1-3-11-22(12-4-1)25-20-19-24(31-23-13-5-2-6-14-23)21-30(25)32-28-17-9-7-15-26(28)27-16-8-10-18-29(27)32/h1-21,31H. The molecule has 0 bridgehead atoms. The minimum Gasteiger partial charge on any atom is -0.355 e. The maximum Gasteiger partial charge on any atom is 0.0561 e. The number of anilines is 2. The number of nitrogens with zero attached hydrogens (tertiary/aromatic N) is 1. The predicted molar refractivity (Wildman–Crippen MR) is 136 cm³/mol. The quantitative estimate of drug-likeness (QED) is 0.310. The molecule has 0 saturated heterocycles. The van der Waals surface area contributed by atoms with Crippen LogP contribution in [0.4, 0.5) is 11.4 Å². The van der Waals surface area contributed by atoms with Crippen molar-refractivity contribution >= 4 is 33.2 Å². The van der Waals surface area contributed by atoms with Gasteiger partial charge in [-0.25, -0.2) is 0 Å². The third-order valence-electron chi connectivity index (χ3n) is 5.97. The van der Waals surface area contributed by atoms with Crippen LogP contribution in [0.3, 0.4) is 0 Å². The van der Waals surface area contributed by atoms with Gasteiger partial charge in [0.05, 0.1) is 16.7 Å². The lowest BCUT2D eigenvalue weighted by Crippen LogP contribution is -1.99. The highest BCUT2D eigenvalue weighted by atomic mass is 15.0. The molecule has 6 aromatic rings. The van der Waals surface area contributed by atoms with Crippen molar-refractivity contribution in [2.24, 2.45) is 0 Å². The molecule has 2 heteroatoms. The second-order valence-corrected chi connectivity index (χ2v) is 7.96. The smallest absolute Gasteiger partial charge is 0.0561 e. The molecule has 1 aromatic heterocycles. The summed E-state index contributed by atoms with van der Waals surface area (Å²) in [5.41, 5.74) is 8.13. The number of benzene rings is 5. The topological polar surface area (TPSA) is 17.0 Å². The average molecular weight is 411 g/mol. The first-order valence-corrected chi connectivity index (χ1v) is 10.9. The van der Waals surface area contributed by atoms with Gasteiger partial charge in [-0.05, 0) is 42.0 Å². The zero-order chi connectivity index (χ0) is 21.3. The summed E-state index contributed by atoms with van der Waals surface area (Å²) in [7, 11) is 0. The molecule has 0 saturated carbocycles. The first-order valence-electron chi connectivity index (χ1n) is 10.9. The normalized spacial score (nSPS) is 11.1. The fourth-order valence-electron chi connectivity index (χ4n) is 4.53. The van der Waals surface area contributed by atoms with Gasteiger partial charge in [-0.15, -0.1) is 0 Å². The monoisotopic (exact) mass is 410 g/mol. The summed E-state index contributed by atoms with van der Waals surface area (Å²) in [6.45, 7) is 0. The minimum absolute atomic E-state index is 1.06. The molecule has 0 amide bonds. The summed E-state index contributed by atoms with van der Waals surface area (Å²) < 4.78 is 2.39. The van der Waals surface area contributed by atoms with Crippen LogP contribution in [0.1, 0.15) is 0 Å². The Morgan fingerprint density at radius 1 is 0.469 bits per heavy atom. The van der Waals surface area contributed by atoms with E-state index in [1.54, 1.807) is 0 Å². The Morgan fingerprint density at radius 2 is 1.03 bits per heavy atom. The third-order valence-corrected chi connectivity index (χ3v) is 5.97. The highest BCUT2D eigenvalue weighted by Crippen LogP contribution is 2.37. The Hall–Kier alpha value is -4.30. The van der Waals surface area contributed by atoms with E-state index in [1.807, 2.05) is 6.07 Å². The number of fused-ring (bicyclic) bond motifs is 3. The van der Waals surface area contributed by atoms with Crippen molar-refractivity contribution in [2.45, 2.75) is 0 Å². The molecule has 0 aliphatic carbocycles. The van der Waals surface area contributed by atoms with E-state index >= 15 is 0 Å². The van der Waals surface area contributed by atoms with E-state index in [1.165, 1.54) is 32.9 Å². The lowest BCUT2D eigenvalue weighted by Gasteiger charge is -2.17. The molecule has 0 radical (unpaired) electrons. The maximum atomic E-state index is 3.57. The van der Waals surface area contributed by atoms with Gasteiger partial charge in [-0.3, -0.25) is 0 Å². The van der Waals surface area contributed by atoms with Crippen LogP contribution in [-0.4, -0.2) is 4.57 Å². The van der Waals surface area contributed by atoms with E-state index < -0.39 is 0 Å². The molecule has 0 spiro atoms. The zero-order valence-electron chi connectivity index (χ0n) is 17.6. The lowest BCUT2D eigenvalue weighted by atomic mass is 10.0. The van der Waals surface area contributed by atoms with Crippen LogP contribution >= 0.6 is 0 Å². The SMILES string of the molecule is c1ccc(Nc2ccc(-c3ccccc3)c(-n3c4ccccc4c4ccccc43)c2)cc1. The highest BCUT2D eigenvalue weighted by Gasteiger charge is 2.15. The van der Waals surface area contributed by atoms with Crippen LogP contribution in [0.15, 0.2) is 127 Å². The molecule has 1 N–H and O–H groups in total. The molecule has 152 valence electrons. The Morgan fingerprint density at radius 3 is 1.69 bits per heavy atom. The van der Waals surface area contributed by atoms with Gasteiger partial charge >= 0.3 is 0 Å². The van der Waals surface area contributed by atoms with Crippen LogP contribution in [0.25, 0.3) is 38.6 Å². The van der Waals surface area contributed by atoms with Crippen LogP contribution in [0.5, 0.6) is 0 Å². The molecule has 1 heterocycles. The Bertz CT molecular complexity index is 1480. The number of aromatic nitrogens is 1. The highest BCUT2D eigenvalue weighted by molar-refractivity contribution is 6.09. The molecule has 0 unspecified atom stereocenters. The van der Waals surface area contributed by atoms with Crippen molar-refractivity contribution in [1.29, 1.82) is 0 Å².